The van der Waals surface area contributed by atoms with Gasteiger partial charge in [-0.1, -0.05) is 12.8 Å². The highest BCUT2D eigenvalue weighted by Gasteiger charge is 2.23. The lowest BCUT2D eigenvalue weighted by atomic mass is 10.0. The average molecular weight is 367 g/mol. The van der Waals surface area contributed by atoms with Gasteiger partial charge in [-0.3, -0.25) is 0 Å². The number of hydrogen-bond acceptors (Lipinski definition) is 2. The Morgan fingerprint density at radius 1 is 0.731 bits per heavy atom. The summed E-state index contributed by atoms with van der Waals surface area (Å²) in [6.07, 6.45) is 11.1. The molecular weight excluding hydrogens is 328 g/mol. The van der Waals surface area contributed by atoms with Crippen LogP contribution in [-0.2, 0) is 0 Å². The number of urea groups is 2. The molecule has 2 aliphatic heterocycles. The summed E-state index contributed by atoms with van der Waals surface area (Å²) in [6, 6.07) is 0.935. The zero-order valence-corrected chi connectivity index (χ0v) is 16.8. The molecule has 26 heavy (non-hydrogen) atoms. The average Bonchev–Trinajstić information content (AvgIpc) is 2.64. The maximum absolute atomic E-state index is 12.2. The molecule has 150 valence electrons. The van der Waals surface area contributed by atoms with Crippen LogP contribution >= 0.6 is 0 Å². The monoisotopic (exact) mass is 366 g/mol. The van der Waals surface area contributed by atoms with E-state index >= 15 is 0 Å². The van der Waals surface area contributed by atoms with Crippen molar-refractivity contribution in [3.05, 3.63) is 0 Å². The summed E-state index contributed by atoms with van der Waals surface area (Å²) >= 11 is 0. The second-order valence-corrected chi connectivity index (χ2v) is 7.95. The Labute approximate surface area is 159 Å². The molecule has 0 radical (unpaired) electrons. The SMILES string of the molecule is CC1CCCCN1C(=O)NCCCCCCNC(=O)N1CCCCC1C. The number of nitrogens with zero attached hydrogens (tertiary/aromatic N) is 2. The van der Waals surface area contributed by atoms with E-state index in [1.54, 1.807) is 0 Å². The summed E-state index contributed by atoms with van der Waals surface area (Å²) < 4.78 is 0. The smallest absolute Gasteiger partial charge is 0.317 e. The number of carbonyl (C=O) groups excluding carboxylic acids is 2. The van der Waals surface area contributed by atoms with Gasteiger partial charge in [0.15, 0.2) is 0 Å². The lowest BCUT2D eigenvalue weighted by molar-refractivity contribution is 0.157. The Bertz CT molecular complexity index is 404. The Kier molecular flexibility index (Phi) is 9.06. The van der Waals surface area contributed by atoms with Crippen LogP contribution < -0.4 is 10.6 Å². The third kappa shape index (κ3) is 6.69. The van der Waals surface area contributed by atoms with Crippen LogP contribution in [0.5, 0.6) is 0 Å². The fourth-order valence-electron chi connectivity index (χ4n) is 4.00. The zero-order valence-electron chi connectivity index (χ0n) is 16.8. The van der Waals surface area contributed by atoms with Gasteiger partial charge in [0.05, 0.1) is 0 Å². The Balaban J connectivity index is 1.45. The largest absolute Gasteiger partial charge is 0.338 e. The quantitative estimate of drug-likeness (QED) is 0.675. The lowest BCUT2D eigenvalue weighted by Gasteiger charge is -2.33. The van der Waals surface area contributed by atoms with Crippen LogP contribution in [0.4, 0.5) is 9.59 Å². The van der Waals surface area contributed by atoms with Crippen LogP contribution in [0.3, 0.4) is 0 Å². The number of amides is 4. The van der Waals surface area contributed by atoms with Gasteiger partial charge in [0, 0.05) is 38.3 Å². The van der Waals surface area contributed by atoms with Crippen LogP contribution in [0.15, 0.2) is 0 Å². The first-order chi connectivity index (χ1) is 12.6. The minimum absolute atomic E-state index is 0.0973. The van der Waals surface area contributed by atoms with Crippen LogP contribution in [-0.4, -0.2) is 60.1 Å². The van der Waals surface area contributed by atoms with E-state index in [2.05, 4.69) is 24.5 Å². The second-order valence-electron chi connectivity index (χ2n) is 7.95. The van der Waals surface area contributed by atoms with E-state index in [1.807, 2.05) is 9.80 Å². The minimum atomic E-state index is 0.0973. The Hall–Kier alpha value is -1.46. The van der Waals surface area contributed by atoms with Crippen molar-refractivity contribution < 1.29 is 9.59 Å². The van der Waals surface area contributed by atoms with Gasteiger partial charge in [0.25, 0.3) is 0 Å². The molecule has 2 atom stereocenters. The van der Waals surface area contributed by atoms with E-state index in [-0.39, 0.29) is 12.1 Å². The van der Waals surface area contributed by atoms with Gasteiger partial charge in [0.1, 0.15) is 0 Å². The zero-order chi connectivity index (χ0) is 18.8. The van der Waals surface area contributed by atoms with E-state index in [0.29, 0.717) is 12.1 Å². The predicted octanol–water partition coefficient (Wildman–Crippen LogP) is 3.71. The van der Waals surface area contributed by atoms with Crippen molar-refractivity contribution >= 4 is 12.1 Å². The summed E-state index contributed by atoms with van der Waals surface area (Å²) in [6.45, 7) is 7.55. The highest BCUT2D eigenvalue weighted by molar-refractivity contribution is 5.75. The molecule has 0 aromatic rings. The number of likely N-dealkylation sites (tertiary alicyclic amines) is 2. The molecular formula is C20H38N4O2. The van der Waals surface area contributed by atoms with Gasteiger partial charge in [-0.2, -0.15) is 0 Å². The topological polar surface area (TPSA) is 64.7 Å². The van der Waals surface area contributed by atoms with Crippen molar-refractivity contribution in [3.8, 4) is 0 Å². The number of nitrogens with one attached hydrogen (secondary N) is 2. The van der Waals surface area contributed by atoms with Gasteiger partial charge < -0.3 is 20.4 Å². The molecule has 2 fully saturated rings. The van der Waals surface area contributed by atoms with Crippen LogP contribution in [0.25, 0.3) is 0 Å². The maximum Gasteiger partial charge on any atom is 0.317 e. The van der Waals surface area contributed by atoms with E-state index < -0.39 is 0 Å². The number of hydrogen-bond donors (Lipinski definition) is 2. The first-order valence-electron chi connectivity index (χ1n) is 10.7. The summed E-state index contributed by atoms with van der Waals surface area (Å²) in [5.41, 5.74) is 0. The third-order valence-electron chi connectivity index (χ3n) is 5.78. The van der Waals surface area contributed by atoms with Crippen molar-refractivity contribution in [2.45, 2.75) is 90.1 Å². The standard InChI is InChI=1S/C20H38N4O2/c1-17-11-5-9-15-23(17)19(25)21-13-7-3-4-8-14-22-20(26)24-16-10-6-12-18(24)2/h17-18H,3-16H2,1-2H3,(H,21,25)(H,22,26). The van der Waals surface area contributed by atoms with E-state index in [1.165, 1.54) is 12.8 Å². The molecule has 0 spiro atoms. The fourth-order valence-corrected chi connectivity index (χ4v) is 4.00. The molecule has 0 aromatic heterocycles. The van der Waals surface area contributed by atoms with Crippen LogP contribution in [0.2, 0.25) is 0 Å². The normalized spacial score (nSPS) is 23.6. The molecule has 6 nitrogen and oxygen atoms in total. The lowest BCUT2D eigenvalue weighted by Crippen LogP contribution is -2.47. The summed E-state index contributed by atoms with van der Waals surface area (Å²) in [5, 5.41) is 6.10. The number of unbranched alkanes of at least 4 members (excludes halogenated alkanes) is 3. The van der Waals surface area contributed by atoms with Gasteiger partial charge >= 0.3 is 12.1 Å². The van der Waals surface area contributed by atoms with E-state index in [4.69, 9.17) is 0 Å². The van der Waals surface area contributed by atoms with Crippen molar-refractivity contribution in [3.63, 3.8) is 0 Å². The Morgan fingerprint density at radius 2 is 1.15 bits per heavy atom. The number of piperidine rings is 2. The molecule has 2 rings (SSSR count). The molecule has 0 aromatic carbocycles. The van der Waals surface area contributed by atoms with Gasteiger partial charge in [0.2, 0.25) is 0 Å². The summed E-state index contributed by atoms with van der Waals surface area (Å²) in [5.74, 6) is 0. The van der Waals surface area contributed by atoms with Gasteiger partial charge in [-0.25, -0.2) is 9.59 Å². The highest BCUT2D eigenvalue weighted by atomic mass is 16.2. The number of carbonyl (C=O) groups is 2. The molecule has 2 aliphatic rings. The first kappa shape index (κ1) is 20.8. The fraction of sp³-hybridized carbons (Fsp3) is 0.900. The molecule has 2 unspecified atom stereocenters. The summed E-state index contributed by atoms with van der Waals surface area (Å²) in [7, 11) is 0. The molecule has 0 bridgehead atoms. The molecule has 2 saturated heterocycles. The molecule has 2 heterocycles. The van der Waals surface area contributed by atoms with Crippen molar-refractivity contribution in [1.82, 2.24) is 20.4 Å². The molecule has 4 amide bonds. The molecule has 6 heteroatoms. The third-order valence-corrected chi connectivity index (χ3v) is 5.78. The maximum atomic E-state index is 12.2. The summed E-state index contributed by atoms with van der Waals surface area (Å²) in [4.78, 5) is 28.3. The predicted molar refractivity (Wildman–Crippen MR) is 105 cm³/mol. The molecule has 0 saturated carbocycles. The highest BCUT2D eigenvalue weighted by Crippen LogP contribution is 2.17. The van der Waals surface area contributed by atoms with E-state index in [9.17, 15) is 9.59 Å². The molecule has 0 aliphatic carbocycles. The van der Waals surface area contributed by atoms with Crippen LogP contribution in [0.1, 0.15) is 78.1 Å². The van der Waals surface area contributed by atoms with E-state index in [0.717, 1.165) is 77.5 Å². The minimum Gasteiger partial charge on any atom is -0.338 e. The van der Waals surface area contributed by atoms with Crippen molar-refractivity contribution in [2.24, 2.45) is 0 Å². The van der Waals surface area contributed by atoms with Gasteiger partial charge in [-0.05, 0) is 65.2 Å². The molecule has 2 N–H and O–H groups in total. The second kappa shape index (κ2) is 11.3. The number of rotatable bonds is 7. The van der Waals surface area contributed by atoms with Crippen molar-refractivity contribution in [1.29, 1.82) is 0 Å². The van der Waals surface area contributed by atoms with Crippen LogP contribution in [0, 0.1) is 0 Å². The first-order valence-corrected chi connectivity index (χ1v) is 10.7. The van der Waals surface area contributed by atoms with Gasteiger partial charge in [-0.15, -0.1) is 0 Å². The van der Waals surface area contributed by atoms with Crippen molar-refractivity contribution in [2.75, 3.05) is 26.2 Å². The Morgan fingerprint density at radius 3 is 1.54 bits per heavy atom.